The smallest absolute Gasteiger partial charge is 0.234 e. The highest BCUT2D eigenvalue weighted by molar-refractivity contribution is 8.00. The van der Waals surface area contributed by atoms with Gasteiger partial charge >= 0.3 is 0 Å². The van der Waals surface area contributed by atoms with Crippen LogP contribution in [-0.2, 0) is 4.79 Å². The fraction of sp³-hybridized carbons (Fsp3) is 0.235. The standard InChI is InChI=1S/C17H19NO4S/c1-20-12-4-7-14(8-5-12)23-11-17(19)18-15-9-6-13(21-2)10-16(15)22-3/h4-10H,11H2,1-3H3,(H,18,19). The fourth-order valence-electron chi connectivity index (χ4n) is 1.91. The Labute approximate surface area is 139 Å². The van der Waals surface area contributed by atoms with Crippen molar-refractivity contribution < 1.29 is 19.0 Å². The monoisotopic (exact) mass is 333 g/mol. The van der Waals surface area contributed by atoms with Gasteiger partial charge in [-0.1, -0.05) is 0 Å². The second-order valence-electron chi connectivity index (χ2n) is 4.58. The van der Waals surface area contributed by atoms with Crippen molar-refractivity contribution in [3.05, 3.63) is 42.5 Å². The molecule has 0 unspecified atom stereocenters. The van der Waals surface area contributed by atoms with Gasteiger partial charge in [-0.3, -0.25) is 4.79 Å². The first kappa shape index (κ1) is 17.0. The summed E-state index contributed by atoms with van der Waals surface area (Å²) in [5, 5.41) is 2.84. The zero-order valence-electron chi connectivity index (χ0n) is 13.3. The van der Waals surface area contributed by atoms with Gasteiger partial charge in [0.15, 0.2) is 0 Å². The summed E-state index contributed by atoms with van der Waals surface area (Å²) < 4.78 is 15.5. The molecule has 0 radical (unpaired) electrons. The third-order valence-electron chi connectivity index (χ3n) is 3.11. The highest BCUT2D eigenvalue weighted by Crippen LogP contribution is 2.29. The first-order valence-corrected chi connectivity index (χ1v) is 7.93. The van der Waals surface area contributed by atoms with Crippen LogP contribution in [-0.4, -0.2) is 33.0 Å². The van der Waals surface area contributed by atoms with Crippen LogP contribution in [0.3, 0.4) is 0 Å². The van der Waals surface area contributed by atoms with Gasteiger partial charge in [0.1, 0.15) is 17.2 Å². The molecule has 0 saturated heterocycles. The fourth-order valence-corrected chi connectivity index (χ4v) is 2.61. The van der Waals surface area contributed by atoms with E-state index in [1.54, 1.807) is 39.5 Å². The van der Waals surface area contributed by atoms with E-state index in [4.69, 9.17) is 14.2 Å². The molecule has 5 nitrogen and oxygen atoms in total. The Bertz CT molecular complexity index is 658. The van der Waals surface area contributed by atoms with Crippen LogP contribution in [0.1, 0.15) is 0 Å². The molecule has 0 bridgehead atoms. The molecular weight excluding hydrogens is 314 g/mol. The molecule has 122 valence electrons. The summed E-state index contributed by atoms with van der Waals surface area (Å²) >= 11 is 1.45. The number of hydrogen-bond acceptors (Lipinski definition) is 5. The van der Waals surface area contributed by atoms with Crippen LogP contribution in [0.25, 0.3) is 0 Å². The molecule has 0 aromatic heterocycles. The Morgan fingerprint density at radius 3 is 2.22 bits per heavy atom. The molecule has 0 heterocycles. The number of hydrogen-bond donors (Lipinski definition) is 1. The lowest BCUT2D eigenvalue weighted by molar-refractivity contribution is -0.113. The maximum Gasteiger partial charge on any atom is 0.234 e. The van der Waals surface area contributed by atoms with Crippen LogP contribution in [0, 0.1) is 0 Å². The van der Waals surface area contributed by atoms with E-state index in [0.717, 1.165) is 10.6 Å². The van der Waals surface area contributed by atoms with E-state index in [9.17, 15) is 4.79 Å². The minimum atomic E-state index is -0.103. The number of ether oxygens (including phenoxy) is 3. The maximum absolute atomic E-state index is 12.1. The number of benzene rings is 2. The van der Waals surface area contributed by atoms with Gasteiger partial charge in [0, 0.05) is 11.0 Å². The van der Waals surface area contributed by atoms with Crippen LogP contribution in [0.4, 0.5) is 5.69 Å². The number of nitrogens with one attached hydrogen (secondary N) is 1. The normalized spacial score (nSPS) is 10.0. The number of rotatable bonds is 7. The Kier molecular flexibility index (Phi) is 6.17. The van der Waals surface area contributed by atoms with Gasteiger partial charge in [-0.05, 0) is 36.4 Å². The first-order valence-electron chi connectivity index (χ1n) is 6.95. The highest BCUT2D eigenvalue weighted by atomic mass is 32.2. The van der Waals surface area contributed by atoms with E-state index in [2.05, 4.69) is 5.32 Å². The number of carbonyl (C=O) groups is 1. The molecule has 0 fully saturated rings. The lowest BCUT2D eigenvalue weighted by Crippen LogP contribution is -2.14. The third kappa shape index (κ3) is 4.82. The van der Waals surface area contributed by atoms with Crippen molar-refractivity contribution in [3.63, 3.8) is 0 Å². The predicted molar refractivity (Wildman–Crippen MR) is 91.9 cm³/mol. The summed E-state index contributed by atoms with van der Waals surface area (Å²) in [6.07, 6.45) is 0. The largest absolute Gasteiger partial charge is 0.497 e. The van der Waals surface area contributed by atoms with E-state index in [-0.39, 0.29) is 5.91 Å². The quantitative estimate of drug-likeness (QED) is 0.787. The van der Waals surface area contributed by atoms with Gasteiger partial charge in [-0.25, -0.2) is 0 Å². The molecule has 0 aliphatic carbocycles. The highest BCUT2D eigenvalue weighted by Gasteiger charge is 2.09. The Balaban J connectivity index is 1.93. The molecule has 23 heavy (non-hydrogen) atoms. The van der Waals surface area contributed by atoms with Gasteiger partial charge in [0.25, 0.3) is 0 Å². The molecule has 0 spiro atoms. The lowest BCUT2D eigenvalue weighted by atomic mass is 10.2. The molecule has 2 rings (SSSR count). The second-order valence-corrected chi connectivity index (χ2v) is 5.63. The van der Waals surface area contributed by atoms with Crippen LogP contribution in [0.15, 0.2) is 47.4 Å². The summed E-state index contributed by atoms with van der Waals surface area (Å²) in [5.74, 6) is 2.23. The minimum Gasteiger partial charge on any atom is -0.497 e. The van der Waals surface area contributed by atoms with Crippen molar-refractivity contribution in [2.24, 2.45) is 0 Å². The van der Waals surface area contributed by atoms with Crippen LogP contribution >= 0.6 is 11.8 Å². The first-order chi connectivity index (χ1) is 11.2. The Hall–Kier alpha value is -2.34. The van der Waals surface area contributed by atoms with Crippen molar-refractivity contribution in [2.75, 3.05) is 32.4 Å². The average molecular weight is 333 g/mol. The Morgan fingerprint density at radius 1 is 0.957 bits per heavy atom. The van der Waals surface area contributed by atoms with E-state index in [0.29, 0.717) is 22.9 Å². The molecule has 0 atom stereocenters. The number of methoxy groups -OCH3 is 3. The van der Waals surface area contributed by atoms with E-state index in [1.807, 2.05) is 24.3 Å². The van der Waals surface area contributed by atoms with Crippen LogP contribution in [0.2, 0.25) is 0 Å². The van der Waals surface area contributed by atoms with Gasteiger partial charge in [-0.15, -0.1) is 11.8 Å². The molecule has 1 N–H and O–H groups in total. The van der Waals surface area contributed by atoms with E-state index < -0.39 is 0 Å². The molecule has 1 amide bonds. The summed E-state index contributed by atoms with van der Waals surface area (Å²) in [6.45, 7) is 0. The zero-order valence-corrected chi connectivity index (χ0v) is 14.1. The summed E-state index contributed by atoms with van der Waals surface area (Å²) in [7, 11) is 4.76. The predicted octanol–water partition coefficient (Wildman–Crippen LogP) is 3.44. The number of anilines is 1. The molecule has 0 saturated carbocycles. The van der Waals surface area contributed by atoms with Crippen LogP contribution < -0.4 is 19.5 Å². The molecular formula is C17H19NO4S. The van der Waals surface area contributed by atoms with Crippen molar-refractivity contribution in [3.8, 4) is 17.2 Å². The topological polar surface area (TPSA) is 56.8 Å². The number of amides is 1. The third-order valence-corrected chi connectivity index (χ3v) is 4.12. The van der Waals surface area contributed by atoms with Crippen molar-refractivity contribution in [1.29, 1.82) is 0 Å². The molecule has 2 aromatic carbocycles. The van der Waals surface area contributed by atoms with Crippen molar-refractivity contribution >= 4 is 23.4 Å². The summed E-state index contributed by atoms with van der Waals surface area (Å²) in [5.41, 5.74) is 0.619. The maximum atomic E-state index is 12.1. The molecule has 6 heteroatoms. The minimum absolute atomic E-state index is 0.103. The SMILES string of the molecule is COc1ccc(SCC(=O)Nc2ccc(OC)cc2OC)cc1. The number of thioether (sulfide) groups is 1. The Morgan fingerprint density at radius 2 is 1.61 bits per heavy atom. The van der Waals surface area contributed by atoms with Gasteiger partial charge in [-0.2, -0.15) is 0 Å². The zero-order chi connectivity index (χ0) is 16.7. The average Bonchev–Trinajstić information content (AvgIpc) is 2.60. The van der Waals surface area contributed by atoms with Gasteiger partial charge < -0.3 is 19.5 Å². The summed E-state index contributed by atoms with van der Waals surface area (Å²) in [4.78, 5) is 13.1. The van der Waals surface area contributed by atoms with E-state index in [1.165, 1.54) is 11.8 Å². The summed E-state index contributed by atoms with van der Waals surface area (Å²) in [6, 6.07) is 12.8. The van der Waals surface area contributed by atoms with Crippen molar-refractivity contribution in [2.45, 2.75) is 4.90 Å². The second kappa shape index (κ2) is 8.33. The van der Waals surface area contributed by atoms with Gasteiger partial charge in [0.05, 0.1) is 32.8 Å². The van der Waals surface area contributed by atoms with Crippen molar-refractivity contribution in [1.82, 2.24) is 0 Å². The molecule has 0 aliphatic heterocycles. The molecule has 0 aliphatic rings. The number of carbonyl (C=O) groups excluding carboxylic acids is 1. The van der Waals surface area contributed by atoms with Crippen LogP contribution in [0.5, 0.6) is 17.2 Å². The lowest BCUT2D eigenvalue weighted by Gasteiger charge is -2.11. The molecule has 2 aromatic rings. The van der Waals surface area contributed by atoms with Gasteiger partial charge in [0.2, 0.25) is 5.91 Å². The van der Waals surface area contributed by atoms with E-state index >= 15 is 0 Å².